The van der Waals surface area contributed by atoms with Crippen molar-refractivity contribution in [1.82, 2.24) is 25.5 Å². The van der Waals surface area contributed by atoms with E-state index in [-0.39, 0.29) is 5.91 Å². The van der Waals surface area contributed by atoms with Crippen LogP contribution in [0, 0.1) is 11.8 Å². The summed E-state index contributed by atoms with van der Waals surface area (Å²) >= 11 is 0. The number of fused-ring (bicyclic) bond motifs is 1. The fourth-order valence-electron chi connectivity index (χ4n) is 4.72. The first-order chi connectivity index (χ1) is 17.0. The fourth-order valence-corrected chi connectivity index (χ4v) is 4.72. The zero-order valence-electron chi connectivity index (χ0n) is 21.1. The van der Waals surface area contributed by atoms with Gasteiger partial charge in [-0.3, -0.25) is 4.79 Å². The van der Waals surface area contributed by atoms with E-state index in [0.29, 0.717) is 24.0 Å². The van der Waals surface area contributed by atoms with Crippen molar-refractivity contribution in [2.24, 2.45) is 11.8 Å². The normalized spacial score (nSPS) is 18.1. The maximum absolute atomic E-state index is 13.3. The molecule has 1 aliphatic carbocycles. The van der Waals surface area contributed by atoms with E-state index >= 15 is 0 Å². The molecular weight excluding hydrogens is 438 g/mol. The Morgan fingerprint density at radius 1 is 1.06 bits per heavy atom. The van der Waals surface area contributed by atoms with Crippen LogP contribution >= 0.6 is 0 Å². The molecule has 3 aromatic rings. The Morgan fingerprint density at radius 2 is 1.80 bits per heavy atom. The van der Waals surface area contributed by atoms with E-state index in [1.165, 1.54) is 25.7 Å². The summed E-state index contributed by atoms with van der Waals surface area (Å²) in [6, 6.07) is 13.5. The van der Waals surface area contributed by atoms with Gasteiger partial charge < -0.3 is 20.3 Å². The topological polar surface area (TPSA) is 79.4 Å². The van der Waals surface area contributed by atoms with Gasteiger partial charge in [-0.25, -0.2) is 9.97 Å². The van der Waals surface area contributed by atoms with Gasteiger partial charge in [0, 0.05) is 36.3 Å². The summed E-state index contributed by atoms with van der Waals surface area (Å²) < 4.78 is 5.71. The third kappa shape index (κ3) is 6.77. The molecule has 2 N–H and O–H groups in total. The average Bonchev–Trinajstić information content (AvgIpc) is 2.88. The summed E-state index contributed by atoms with van der Waals surface area (Å²) in [5.41, 5.74) is 3.04. The maximum Gasteiger partial charge on any atom is 0.252 e. The highest BCUT2D eigenvalue weighted by atomic mass is 16.5. The molecule has 1 fully saturated rings. The highest BCUT2D eigenvalue weighted by molar-refractivity contribution is 6.07. The van der Waals surface area contributed by atoms with Gasteiger partial charge in [-0.2, -0.15) is 0 Å². The largest absolute Gasteiger partial charge is 0.476 e. The van der Waals surface area contributed by atoms with Crippen molar-refractivity contribution in [2.75, 3.05) is 47.4 Å². The molecule has 0 aliphatic heterocycles. The van der Waals surface area contributed by atoms with Crippen LogP contribution in [0.15, 0.2) is 48.7 Å². The first-order valence-corrected chi connectivity index (χ1v) is 12.6. The highest BCUT2D eigenvalue weighted by Crippen LogP contribution is 2.29. The summed E-state index contributed by atoms with van der Waals surface area (Å²) in [5, 5.41) is 7.36. The fraction of sp³-hybridized carbons (Fsp3) is 0.464. The number of likely N-dealkylation sites (N-methyl/N-ethyl adjacent to an activating group) is 1. The monoisotopic (exact) mass is 475 g/mol. The van der Waals surface area contributed by atoms with Crippen LogP contribution in [0.2, 0.25) is 0 Å². The lowest BCUT2D eigenvalue weighted by atomic mass is 9.82. The SMILES string of the molecule is CNC[C@H]1CC[C@H](CNC(=O)c2cc(-c3ccc(OCCN(C)C)nc3)nc3ccccc23)CC1. The van der Waals surface area contributed by atoms with Crippen molar-refractivity contribution in [3.05, 3.63) is 54.2 Å². The lowest BCUT2D eigenvalue weighted by Crippen LogP contribution is -2.32. The molecule has 0 bridgehead atoms. The second-order valence-electron chi connectivity index (χ2n) is 9.76. The molecule has 1 aromatic carbocycles. The molecule has 2 heterocycles. The zero-order valence-corrected chi connectivity index (χ0v) is 21.1. The number of amides is 1. The minimum Gasteiger partial charge on any atom is -0.476 e. The number of para-hydroxylation sites is 1. The van der Waals surface area contributed by atoms with Crippen molar-refractivity contribution in [1.29, 1.82) is 0 Å². The number of carbonyl (C=O) groups excluding carboxylic acids is 1. The summed E-state index contributed by atoms with van der Waals surface area (Å²) in [7, 11) is 6.04. The molecule has 2 aromatic heterocycles. The van der Waals surface area contributed by atoms with Gasteiger partial charge in [0.15, 0.2) is 0 Å². The summed E-state index contributed by atoms with van der Waals surface area (Å²) in [4.78, 5) is 24.6. The van der Waals surface area contributed by atoms with Crippen LogP contribution in [0.25, 0.3) is 22.2 Å². The third-order valence-corrected chi connectivity index (χ3v) is 6.79. The smallest absolute Gasteiger partial charge is 0.252 e. The summed E-state index contributed by atoms with van der Waals surface area (Å²) in [6.07, 6.45) is 6.55. The maximum atomic E-state index is 13.3. The van der Waals surface area contributed by atoms with E-state index in [9.17, 15) is 4.79 Å². The molecule has 0 saturated heterocycles. The lowest BCUT2D eigenvalue weighted by Gasteiger charge is -2.28. The molecule has 4 rings (SSSR count). The Labute approximate surface area is 208 Å². The third-order valence-electron chi connectivity index (χ3n) is 6.79. The Balaban J connectivity index is 1.47. The minimum absolute atomic E-state index is 0.0428. The van der Waals surface area contributed by atoms with Gasteiger partial charge in [0.05, 0.1) is 16.8 Å². The molecule has 1 aliphatic rings. The molecule has 35 heavy (non-hydrogen) atoms. The first kappa shape index (κ1) is 25.1. The van der Waals surface area contributed by atoms with Crippen LogP contribution in [-0.4, -0.2) is 68.2 Å². The number of pyridine rings is 2. The van der Waals surface area contributed by atoms with Crippen LogP contribution in [-0.2, 0) is 0 Å². The Morgan fingerprint density at radius 3 is 2.49 bits per heavy atom. The second-order valence-corrected chi connectivity index (χ2v) is 9.76. The standard InChI is InChI=1S/C28H37N5O2/c1-29-17-20-8-10-21(11-9-20)18-31-28(34)24-16-26(32-25-7-5-4-6-23(24)25)22-12-13-27(30-19-22)35-15-14-33(2)3/h4-7,12-13,16,19-21,29H,8-11,14-15,17-18H2,1-3H3,(H,31,34)/t20-,21-. The quantitative estimate of drug-likeness (QED) is 0.462. The molecular formula is C28H37N5O2. The number of nitrogens with zero attached hydrogens (tertiary/aromatic N) is 3. The molecule has 186 valence electrons. The van der Waals surface area contributed by atoms with E-state index in [4.69, 9.17) is 9.72 Å². The van der Waals surface area contributed by atoms with E-state index in [1.807, 2.05) is 63.6 Å². The molecule has 1 saturated carbocycles. The van der Waals surface area contributed by atoms with Crippen molar-refractivity contribution in [3.8, 4) is 17.1 Å². The summed E-state index contributed by atoms with van der Waals surface area (Å²) in [5.74, 6) is 1.85. The number of ether oxygens (including phenoxy) is 1. The molecule has 1 amide bonds. The van der Waals surface area contributed by atoms with E-state index in [2.05, 4.69) is 20.5 Å². The first-order valence-electron chi connectivity index (χ1n) is 12.6. The molecule has 0 unspecified atom stereocenters. The highest BCUT2D eigenvalue weighted by Gasteiger charge is 2.22. The zero-order chi connectivity index (χ0) is 24.6. The number of nitrogens with one attached hydrogen (secondary N) is 2. The number of rotatable bonds is 10. The van der Waals surface area contributed by atoms with Crippen LogP contribution in [0.4, 0.5) is 0 Å². The molecule has 7 nitrogen and oxygen atoms in total. The van der Waals surface area contributed by atoms with Crippen molar-refractivity contribution < 1.29 is 9.53 Å². The van der Waals surface area contributed by atoms with E-state index < -0.39 is 0 Å². The molecule has 0 atom stereocenters. The van der Waals surface area contributed by atoms with Crippen LogP contribution in [0.1, 0.15) is 36.0 Å². The number of hydrogen-bond acceptors (Lipinski definition) is 6. The number of benzene rings is 1. The van der Waals surface area contributed by atoms with Crippen molar-refractivity contribution >= 4 is 16.8 Å². The number of carbonyl (C=O) groups is 1. The molecule has 0 spiro atoms. The predicted octanol–water partition coefficient (Wildman–Crippen LogP) is 3.99. The Hall–Kier alpha value is -3.03. The Bertz CT molecular complexity index is 1110. The van der Waals surface area contributed by atoms with Gasteiger partial charge in [-0.1, -0.05) is 18.2 Å². The van der Waals surface area contributed by atoms with E-state index in [0.717, 1.165) is 47.7 Å². The van der Waals surface area contributed by atoms with Gasteiger partial charge in [0.25, 0.3) is 5.91 Å². The van der Waals surface area contributed by atoms with Crippen molar-refractivity contribution in [2.45, 2.75) is 25.7 Å². The molecule has 0 radical (unpaired) electrons. The molecule has 7 heteroatoms. The van der Waals surface area contributed by atoms with Crippen LogP contribution in [0.3, 0.4) is 0 Å². The van der Waals surface area contributed by atoms with Crippen molar-refractivity contribution in [3.63, 3.8) is 0 Å². The Kier molecular flexibility index (Phi) is 8.66. The number of aromatic nitrogens is 2. The predicted molar refractivity (Wildman–Crippen MR) is 141 cm³/mol. The minimum atomic E-state index is -0.0428. The number of hydrogen-bond donors (Lipinski definition) is 2. The second kappa shape index (κ2) is 12.1. The van der Waals surface area contributed by atoms with Crippen LogP contribution in [0.5, 0.6) is 5.88 Å². The average molecular weight is 476 g/mol. The summed E-state index contributed by atoms with van der Waals surface area (Å²) in [6.45, 7) is 3.21. The van der Waals surface area contributed by atoms with E-state index in [1.54, 1.807) is 6.20 Å². The van der Waals surface area contributed by atoms with Gasteiger partial charge in [-0.15, -0.1) is 0 Å². The van der Waals surface area contributed by atoms with Gasteiger partial charge in [0.1, 0.15) is 6.61 Å². The van der Waals surface area contributed by atoms with Gasteiger partial charge in [-0.05, 0) is 83.4 Å². The lowest BCUT2D eigenvalue weighted by molar-refractivity contribution is 0.0943. The van der Waals surface area contributed by atoms with Crippen LogP contribution < -0.4 is 15.4 Å². The van der Waals surface area contributed by atoms with Gasteiger partial charge in [0.2, 0.25) is 5.88 Å². The van der Waals surface area contributed by atoms with Gasteiger partial charge >= 0.3 is 0 Å².